The van der Waals surface area contributed by atoms with Crippen molar-refractivity contribution < 1.29 is 14.6 Å². The lowest BCUT2D eigenvalue weighted by Gasteiger charge is -2.46. The lowest BCUT2D eigenvalue weighted by Crippen LogP contribution is -2.48. The van der Waals surface area contributed by atoms with Gasteiger partial charge < -0.3 is 9.84 Å². The van der Waals surface area contributed by atoms with Crippen molar-refractivity contribution in [1.29, 1.82) is 0 Å². The van der Waals surface area contributed by atoms with Gasteiger partial charge in [0.1, 0.15) is 5.75 Å². The third kappa shape index (κ3) is 3.35. The second kappa shape index (κ2) is 7.06. The molecule has 5 heteroatoms. The van der Waals surface area contributed by atoms with Crippen molar-refractivity contribution in [1.82, 2.24) is 4.90 Å². The Balaban J connectivity index is 1.91. The van der Waals surface area contributed by atoms with Gasteiger partial charge in [0, 0.05) is 19.1 Å². The summed E-state index contributed by atoms with van der Waals surface area (Å²) in [6.07, 6.45) is 2.46. The summed E-state index contributed by atoms with van der Waals surface area (Å²) in [5.41, 5.74) is 2.89. The van der Waals surface area contributed by atoms with Gasteiger partial charge in [-0.2, -0.15) is 0 Å². The molecule has 1 saturated heterocycles. The summed E-state index contributed by atoms with van der Waals surface area (Å²) < 4.78 is 5.36. The molecule has 3 atom stereocenters. The average molecular weight is 349 g/mol. The lowest BCUT2D eigenvalue weighted by molar-refractivity contribution is -0.0191. The Morgan fingerprint density at radius 3 is 2.83 bits per heavy atom. The van der Waals surface area contributed by atoms with E-state index in [1.54, 1.807) is 7.11 Å². The minimum atomic E-state index is -0.281. The van der Waals surface area contributed by atoms with E-state index in [1.807, 2.05) is 12.1 Å². The molecule has 3 rings (SSSR count). The molecule has 1 N–H and O–H groups in total. The fourth-order valence-corrected chi connectivity index (χ4v) is 4.47. The van der Waals surface area contributed by atoms with Crippen molar-refractivity contribution in [2.45, 2.75) is 45.3 Å². The highest BCUT2D eigenvalue weighted by atomic mass is 32.1. The smallest absolute Gasteiger partial charge is 0.220 e. The number of aliphatic hydroxyl groups is 1. The fraction of sp³-hybridized carbons (Fsp3) is 0.632. The van der Waals surface area contributed by atoms with E-state index in [9.17, 15) is 9.90 Å². The third-order valence-corrected chi connectivity index (χ3v) is 5.65. The zero-order valence-corrected chi connectivity index (χ0v) is 15.6. The van der Waals surface area contributed by atoms with E-state index in [2.05, 4.69) is 31.4 Å². The first-order valence-electron chi connectivity index (χ1n) is 8.77. The van der Waals surface area contributed by atoms with Gasteiger partial charge in [0.15, 0.2) is 0 Å². The van der Waals surface area contributed by atoms with Crippen LogP contribution in [0.2, 0.25) is 0 Å². The van der Waals surface area contributed by atoms with Crippen molar-refractivity contribution in [2.24, 2.45) is 11.8 Å². The molecule has 1 fully saturated rings. The third-order valence-electron chi connectivity index (χ3n) is 5.41. The largest absolute Gasteiger partial charge is 0.496 e. The maximum absolute atomic E-state index is 11.8. The number of nitrogens with zero attached hydrogens (tertiary/aromatic N) is 1. The van der Waals surface area contributed by atoms with Gasteiger partial charge in [0.25, 0.3) is 0 Å². The number of carbonyl (C=O) groups is 1. The molecule has 0 bridgehead atoms. The number of methoxy groups -OCH3 is 1. The molecule has 24 heavy (non-hydrogen) atoms. The summed E-state index contributed by atoms with van der Waals surface area (Å²) in [5, 5.41) is 10.4. The normalized spacial score (nSPS) is 26.8. The van der Waals surface area contributed by atoms with Crippen LogP contribution in [0, 0.1) is 11.8 Å². The second-order valence-electron chi connectivity index (χ2n) is 7.51. The molecule has 2 aliphatic heterocycles. The van der Waals surface area contributed by atoms with Crippen LogP contribution in [0.5, 0.6) is 5.75 Å². The molecule has 1 aromatic rings. The molecule has 2 aliphatic rings. The molecule has 2 heterocycles. The highest BCUT2D eigenvalue weighted by molar-refractivity contribution is 7.97. The number of carbonyl (C=O) groups excluding carboxylic acids is 1. The van der Waals surface area contributed by atoms with Gasteiger partial charge in [-0.25, -0.2) is 0 Å². The van der Waals surface area contributed by atoms with E-state index < -0.39 is 0 Å². The van der Waals surface area contributed by atoms with Crippen LogP contribution >= 0.6 is 12.6 Å². The lowest BCUT2D eigenvalue weighted by atomic mass is 9.79. The number of hydrogen-bond donors (Lipinski definition) is 2. The first kappa shape index (κ1) is 17.8. The predicted molar refractivity (Wildman–Crippen MR) is 97.9 cm³/mol. The van der Waals surface area contributed by atoms with E-state index in [1.165, 1.54) is 5.56 Å². The predicted octanol–water partition coefficient (Wildman–Crippen LogP) is 3.09. The van der Waals surface area contributed by atoms with E-state index in [0.717, 1.165) is 37.9 Å². The van der Waals surface area contributed by atoms with Crippen LogP contribution in [-0.2, 0) is 6.42 Å². The number of rotatable bonds is 4. The van der Waals surface area contributed by atoms with Gasteiger partial charge in [-0.15, -0.1) is 12.6 Å². The first-order valence-corrected chi connectivity index (χ1v) is 9.21. The highest BCUT2D eigenvalue weighted by Gasteiger charge is 2.38. The van der Waals surface area contributed by atoms with Crippen LogP contribution in [-0.4, -0.2) is 41.4 Å². The SMILES string of the molecule is COc1cc2c(cc1C(=O)S)[C@H]1C[C@@H](O)[C@H](CC(C)C)CN1CC2. The monoisotopic (exact) mass is 349 g/mol. The number of ether oxygens (including phenoxy) is 1. The number of hydrogen-bond acceptors (Lipinski definition) is 4. The van der Waals surface area contributed by atoms with Crippen LogP contribution in [0.25, 0.3) is 0 Å². The van der Waals surface area contributed by atoms with Gasteiger partial charge in [-0.05, 0) is 54.4 Å². The molecule has 0 amide bonds. The molecular formula is C19H27NO3S. The quantitative estimate of drug-likeness (QED) is 0.820. The molecule has 1 aromatic carbocycles. The topological polar surface area (TPSA) is 49.8 Å². The second-order valence-corrected chi connectivity index (χ2v) is 7.92. The van der Waals surface area contributed by atoms with Crippen LogP contribution in [0.15, 0.2) is 12.1 Å². The molecule has 0 spiro atoms. The number of aliphatic hydroxyl groups excluding tert-OH is 1. The van der Waals surface area contributed by atoms with Crippen LogP contribution in [0.4, 0.5) is 0 Å². The van der Waals surface area contributed by atoms with Gasteiger partial charge in [0.05, 0.1) is 18.8 Å². The number of thiol groups is 1. The van der Waals surface area contributed by atoms with Gasteiger partial charge in [-0.1, -0.05) is 13.8 Å². The average Bonchev–Trinajstić information content (AvgIpc) is 2.53. The molecule has 4 nitrogen and oxygen atoms in total. The van der Waals surface area contributed by atoms with E-state index >= 15 is 0 Å². The van der Waals surface area contributed by atoms with E-state index in [-0.39, 0.29) is 17.3 Å². The zero-order valence-electron chi connectivity index (χ0n) is 14.7. The minimum absolute atomic E-state index is 0.185. The van der Waals surface area contributed by atoms with E-state index in [0.29, 0.717) is 23.1 Å². The Morgan fingerprint density at radius 1 is 1.46 bits per heavy atom. The molecule has 132 valence electrons. The van der Waals surface area contributed by atoms with Crippen molar-refractivity contribution in [3.8, 4) is 5.75 Å². The van der Waals surface area contributed by atoms with Gasteiger partial charge in [0.2, 0.25) is 5.12 Å². The van der Waals surface area contributed by atoms with Crippen LogP contribution < -0.4 is 4.74 Å². The maximum atomic E-state index is 11.8. The molecule has 0 saturated carbocycles. The maximum Gasteiger partial charge on any atom is 0.220 e. The number of piperidine rings is 1. The van der Waals surface area contributed by atoms with Crippen molar-refractivity contribution in [3.63, 3.8) is 0 Å². The van der Waals surface area contributed by atoms with E-state index in [4.69, 9.17) is 4.74 Å². The zero-order chi connectivity index (χ0) is 17.4. The summed E-state index contributed by atoms with van der Waals surface area (Å²) in [6.45, 7) is 6.35. The Labute approximate surface area is 149 Å². The minimum Gasteiger partial charge on any atom is -0.496 e. The molecular weight excluding hydrogens is 322 g/mol. The Kier molecular flexibility index (Phi) is 5.23. The first-order chi connectivity index (χ1) is 11.4. The summed E-state index contributed by atoms with van der Waals surface area (Å²) >= 11 is 3.98. The molecule has 0 unspecified atom stereocenters. The molecule has 0 aliphatic carbocycles. The number of fused-ring (bicyclic) bond motifs is 3. The summed E-state index contributed by atoms with van der Waals surface area (Å²) in [7, 11) is 1.58. The summed E-state index contributed by atoms with van der Waals surface area (Å²) in [5.74, 6) is 1.53. The van der Waals surface area contributed by atoms with Crippen molar-refractivity contribution >= 4 is 17.7 Å². The Hall–Kier alpha value is -1.04. The summed E-state index contributed by atoms with van der Waals surface area (Å²) in [6, 6.07) is 4.09. The number of benzene rings is 1. The molecule has 0 aromatic heterocycles. The van der Waals surface area contributed by atoms with Crippen LogP contribution in [0.3, 0.4) is 0 Å². The van der Waals surface area contributed by atoms with Gasteiger partial charge in [-0.3, -0.25) is 9.69 Å². The van der Waals surface area contributed by atoms with Crippen molar-refractivity contribution in [3.05, 3.63) is 28.8 Å². The molecule has 0 radical (unpaired) electrons. The Bertz CT molecular complexity index is 631. The standard InChI is InChI=1S/C19H27NO3S/c1-11(2)6-13-10-20-5-4-12-7-18(23-3)15(19(22)24)8-14(12)16(20)9-17(13)21/h7-8,11,13,16-17,21H,4-6,9-10H2,1-3H3,(H,22,24)/t13-,16-,17-/m1/s1. The Morgan fingerprint density at radius 2 is 2.21 bits per heavy atom. The highest BCUT2D eigenvalue weighted by Crippen LogP contribution is 2.42. The van der Waals surface area contributed by atoms with Crippen molar-refractivity contribution in [2.75, 3.05) is 20.2 Å². The van der Waals surface area contributed by atoms with Gasteiger partial charge >= 0.3 is 0 Å². The summed E-state index contributed by atoms with van der Waals surface area (Å²) in [4.78, 5) is 14.3. The van der Waals surface area contributed by atoms with Crippen LogP contribution in [0.1, 0.15) is 54.2 Å². The fourth-order valence-electron chi connectivity index (χ4n) is 4.29.